The molecule has 2 aromatic carbocycles. The van der Waals surface area contributed by atoms with Gasteiger partial charge in [-0.15, -0.1) is 0 Å². The van der Waals surface area contributed by atoms with E-state index in [1.165, 1.54) is 0 Å². The van der Waals surface area contributed by atoms with Gasteiger partial charge in [-0.2, -0.15) is 0 Å². The van der Waals surface area contributed by atoms with Crippen LogP contribution in [0.5, 0.6) is 5.75 Å². The van der Waals surface area contributed by atoms with Gasteiger partial charge in [-0.25, -0.2) is 0 Å². The lowest BCUT2D eigenvalue weighted by atomic mass is 10.1. The van der Waals surface area contributed by atoms with Crippen LogP contribution in [0.3, 0.4) is 0 Å². The number of nitrogens with one attached hydrogen (secondary N) is 1. The quantitative estimate of drug-likeness (QED) is 0.783. The Balaban J connectivity index is 1.46. The molecule has 6 heteroatoms. The zero-order valence-electron chi connectivity index (χ0n) is 17.1. The molecule has 1 aliphatic heterocycles. The summed E-state index contributed by atoms with van der Waals surface area (Å²) < 4.78 is 5.74. The molecule has 3 rings (SSSR count). The molecule has 0 spiro atoms. The largest absolute Gasteiger partial charge is 0.489 e. The van der Waals surface area contributed by atoms with Gasteiger partial charge in [-0.05, 0) is 43.7 Å². The zero-order valence-corrected chi connectivity index (χ0v) is 17.1. The third kappa shape index (κ3) is 6.32. The van der Waals surface area contributed by atoms with E-state index in [9.17, 15) is 9.59 Å². The molecule has 1 saturated heterocycles. The number of ether oxygens (including phenoxy) is 1. The zero-order chi connectivity index (χ0) is 20.6. The van der Waals surface area contributed by atoms with Crippen molar-refractivity contribution in [3.63, 3.8) is 0 Å². The van der Waals surface area contributed by atoms with E-state index in [1.807, 2.05) is 73.3 Å². The van der Waals surface area contributed by atoms with E-state index in [4.69, 9.17) is 4.74 Å². The molecule has 1 N–H and O–H groups in total. The van der Waals surface area contributed by atoms with Crippen molar-refractivity contribution in [1.82, 2.24) is 15.1 Å². The number of hydrogen-bond acceptors (Lipinski definition) is 4. The molecule has 1 aliphatic rings. The number of nitrogens with zero attached hydrogens (tertiary/aromatic N) is 2. The van der Waals surface area contributed by atoms with Crippen molar-refractivity contribution in [3.05, 3.63) is 65.7 Å². The number of carbonyl (C=O) groups excluding carboxylic acids is 2. The van der Waals surface area contributed by atoms with Crippen molar-refractivity contribution in [1.29, 1.82) is 0 Å². The van der Waals surface area contributed by atoms with E-state index in [0.29, 0.717) is 44.9 Å². The van der Waals surface area contributed by atoms with Gasteiger partial charge in [0.25, 0.3) is 5.91 Å². The molecule has 0 radical (unpaired) electrons. The third-order valence-corrected chi connectivity index (χ3v) is 4.83. The maximum Gasteiger partial charge on any atom is 0.253 e. The van der Waals surface area contributed by atoms with Gasteiger partial charge in [-0.3, -0.25) is 14.5 Å². The van der Waals surface area contributed by atoms with Crippen LogP contribution in [0, 0.1) is 0 Å². The third-order valence-electron chi connectivity index (χ3n) is 4.83. The standard InChI is InChI=1S/C23H29N3O3/c1-18(2)24-22(27)16-25-12-14-26(15-13-25)23(28)20-10-8-19(9-11-20)17-29-21-6-4-3-5-7-21/h3-11,18H,12-17H2,1-2H3,(H,24,27). The van der Waals surface area contributed by atoms with Crippen molar-refractivity contribution in [3.8, 4) is 5.75 Å². The van der Waals surface area contributed by atoms with Gasteiger partial charge < -0.3 is 15.0 Å². The first-order chi connectivity index (χ1) is 14.0. The Bertz CT molecular complexity index is 798. The topological polar surface area (TPSA) is 61.9 Å². The monoisotopic (exact) mass is 395 g/mol. The fourth-order valence-electron chi connectivity index (χ4n) is 3.29. The van der Waals surface area contributed by atoms with Gasteiger partial charge in [0.1, 0.15) is 12.4 Å². The van der Waals surface area contributed by atoms with Crippen LogP contribution in [-0.4, -0.2) is 60.4 Å². The molecule has 1 fully saturated rings. The van der Waals surface area contributed by atoms with E-state index < -0.39 is 0 Å². The number of rotatable bonds is 7. The molecule has 0 bridgehead atoms. The lowest BCUT2D eigenvalue weighted by molar-refractivity contribution is -0.123. The molecule has 2 amide bonds. The van der Waals surface area contributed by atoms with E-state index in [0.717, 1.165) is 11.3 Å². The average molecular weight is 396 g/mol. The number of amides is 2. The van der Waals surface area contributed by atoms with Crippen LogP contribution in [0.25, 0.3) is 0 Å². The summed E-state index contributed by atoms with van der Waals surface area (Å²) in [7, 11) is 0. The molecule has 29 heavy (non-hydrogen) atoms. The summed E-state index contributed by atoms with van der Waals surface area (Å²) >= 11 is 0. The SMILES string of the molecule is CC(C)NC(=O)CN1CCN(C(=O)c2ccc(COc3ccccc3)cc2)CC1. The lowest BCUT2D eigenvalue weighted by Crippen LogP contribution is -2.51. The van der Waals surface area contributed by atoms with Crippen molar-refractivity contribution in [2.45, 2.75) is 26.5 Å². The normalized spacial score (nSPS) is 14.7. The Kier molecular flexibility index (Phi) is 7.25. The first-order valence-corrected chi connectivity index (χ1v) is 10.1. The summed E-state index contributed by atoms with van der Waals surface area (Å²) in [6.45, 7) is 7.44. The number of piperazine rings is 1. The molecular formula is C23H29N3O3. The number of hydrogen-bond donors (Lipinski definition) is 1. The van der Waals surface area contributed by atoms with Gasteiger partial charge in [0.2, 0.25) is 5.91 Å². The highest BCUT2D eigenvalue weighted by molar-refractivity contribution is 5.94. The Hall–Kier alpha value is -2.86. The van der Waals surface area contributed by atoms with E-state index in [1.54, 1.807) is 0 Å². The van der Waals surface area contributed by atoms with Gasteiger partial charge in [0.05, 0.1) is 6.54 Å². The van der Waals surface area contributed by atoms with Crippen molar-refractivity contribution in [2.24, 2.45) is 0 Å². The summed E-state index contributed by atoms with van der Waals surface area (Å²) in [5.74, 6) is 0.896. The van der Waals surface area contributed by atoms with Crippen molar-refractivity contribution >= 4 is 11.8 Å². The minimum Gasteiger partial charge on any atom is -0.489 e. The summed E-state index contributed by atoms with van der Waals surface area (Å²) in [6, 6.07) is 17.4. The Morgan fingerprint density at radius 3 is 2.24 bits per heavy atom. The smallest absolute Gasteiger partial charge is 0.253 e. The highest BCUT2D eigenvalue weighted by Gasteiger charge is 2.23. The maximum atomic E-state index is 12.8. The first kappa shape index (κ1) is 20.9. The maximum absolute atomic E-state index is 12.8. The number of benzene rings is 2. The van der Waals surface area contributed by atoms with Crippen LogP contribution in [0.4, 0.5) is 0 Å². The fraction of sp³-hybridized carbons (Fsp3) is 0.391. The number of para-hydroxylation sites is 1. The predicted octanol–water partition coefficient (Wildman–Crippen LogP) is 2.55. The molecule has 2 aromatic rings. The van der Waals surface area contributed by atoms with Gasteiger partial charge in [0, 0.05) is 37.8 Å². The summed E-state index contributed by atoms with van der Waals surface area (Å²) in [5.41, 5.74) is 1.70. The summed E-state index contributed by atoms with van der Waals surface area (Å²) in [6.07, 6.45) is 0. The second-order valence-corrected chi connectivity index (χ2v) is 7.59. The second kappa shape index (κ2) is 10.1. The van der Waals surface area contributed by atoms with Crippen LogP contribution in [0.1, 0.15) is 29.8 Å². The van der Waals surface area contributed by atoms with Crippen molar-refractivity contribution in [2.75, 3.05) is 32.7 Å². The fourth-order valence-corrected chi connectivity index (χ4v) is 3.29. The van der Waals surface area contributed by atoms with Crippen LogP contribution in [-0.2, 0) is 11.4 Å². The summed E-state index contributed by atoms with van der Waals surface area (Å²) in [5, 5.41) is 2.90. The van der Waals surface area contributed by atoms with Crippen LogP contribution >= 0.6 is 0 Å². The average Bonchev–Trinajstić information content (AvgIpc) is 2.73. The molecule has 1 heterocycles. The van der Waals surface area contributed by atoms with E-state index in [2.05, 4.69) is 10.2 Å². The highest BCUT2D eigenvalue weighted by atomic mass is 16.5. The van der Waals surface area contributed by atoms with Gasteiger partial charge >= 0.3 is 0 Å². The van der Waals surface area contributed by atoms with E-state index in [-0.39, 0.29) is 17.9 Å². The molecule has 154 valence electrons. The molecular weight excluding hydrogens is 366 g/mol. The highest BCUT2D eigenvalue weighted by Crippen LogP contribution is 2.14. The van der Waals surface area contributed by atoms with Gasteiger partial charge in [0.15, 0.2) is 0 Å². The van der Waals surface area contributed by atoms with Crippen LogP contribution < -0.4 is 10.1 Å². The van der Waals surface area contributed by atoms with Crippen LogP contribution in [0.15, 0.2) is 54.6 Å². The second-order valence-electron chi connectivity index (χ2n) is 7.59. The van der Waals surface area contributed by atoms with E-state index >= 15 is 0 Å². The molecule has 6 nitrogen and oxygen atoms in total. The van der Waals surface area contributed by atoms with Crippen LogP contribution in [0.2, 0.25) is 0 Å². The minimum absolute atomic E-state index is 0.0341. The Morgan fingerprint density at radius 2 is 1.62 bits per heavy atom. The molecule has 0 saturated carbocycles. The molecule has 0 atom stereocenters. The Labute approximate surface area is 172 Å². The van der Waals surface area contributed by atoms with Crippen molar-refractivity contribution < 1.29 is 14.3 Å². The Morgan fingerprint density at radius 1 is 0.966 bits per heavy atom. The molecule has 0 aliphatic carbocycles. The molecule has 0 unspecified atom stereocenters. The first-order valence-electron chi connectivity index (χ1n) is 10.1. The number of carbonyl (C=O) groups is 2. The predicted molar refractivity (Wildman–Crippen MR) is 113 cm³/mol. The molecule has 0 aromatic heterocycles. The summed E-state index contributed by atoms with van der Waals surface area (Å²) in [4.78, 5) is 28.6. The lowest BCUT2D eigenvalue weighted by Gasteiger charge is -2.34. The van der Waals surface area contributed by atoms with Gasteiger partial charge in [-0.1, -0.05) is 30.3 Å². The minimum atomic E-state index is 0.0341.